The third-order valence-corrected chi connectivity index (χ3v) is 4.59. The van der Waals surface area contributed by atoms with Crippen LogP contribution in [0.3, 0.4) is 0 Å². The van der Waals surface area contributed by atoms with Crippen LogP contribution in [0.25, 0.3) is 0 Å². The maximum absolute atomic E-state index is 12.3. The molecule has 0 radical (unpaired) electrons. The number of halogens is 1. The lowest BCUT2D eigenvalue weighted by molar-refractivity contribution is -0.383. The summed E-state index contributed by atoms with van der Waals surface area (Å²) in [5, 5.41) is 14.7. The second kappa shape index (κ2) is 9.11. The molecule has 9 nitrogen and oxygen atoms in total. The van der Waals surface area contributed by atoms with E-state index in [-0.39, 0.29) is 17.3 Å². The van der Waals surface area contributed by atoms with Gasteiger partial charge in [-0.15, -0.1) is 0 Å². The van der Waals surface area contributed by atoms with Crippen LogP contribution < -0.4 is 16.2 Å². The molecule has 0 fully saturated rings. The number of carbonyl (C=O) groups excluding carboxylic acids is 1. The van der Waals surface area contributed by atoms with Crippen LogP contribution in [0.15, 0.2) is 59.3 Å². The van der Waals surface area contributed by atoms with Crippen LogP contribution in [0.2, 0.25) is 0 Å². The molecule has 0 aliphatic carbocycles. The number of amides is 1. The van der Waals surface area contributed by atoms with E-state index in [1.54, 1.807) is 24.3 Å². The minimum absolute atomic E-state index is 0.0197. The minimum atomic E-state index is -0.606. The number of benzene rings is 2. The summed E-state index contributed by atoms with van der Waals surface area (Å²) in [6.45, 7) is 1.99. The monoisotopic (exact) mass is 456 g/mol. The molecule has 148 valence electrons. The number of aromatic nitrogens is 2. The number of hydrazine groups is 1. The number of anilines is 3. The van der Waals surface area contributed by atoms with E-state index >= 15 is 0 Å². The number of rotatable bonds is 7. The third-order valence-electron chi connectivity index (χ3n) is 4.06. The molecule has 3 N–H and O–H groups in total. The highest BCUT2D eigenvalue weighted by atomic mass is 79.9. The fourth-order valence-electron chi connectivity index (χ4n) is 2.60. The van der Waals surface area contributed by atoms with Gasteiger partial charge in [0.2, 0.25) is 11.6 Å². The van der Waals surface area contributed by atoms with E-state index < -0.39 is 10.8 Å². The van der Waals surface area contributed by atoms with Gasteiger partial charge in [0.25, 0.3) is 5.91 Å². The largest absolute Gasteiger partial charge is 0.355 e. The molecule has 1 aromatic heterocycles. The maximum Gasteiger partial charge on any atom is 0.355 e. The van der Waals surface area contributed by atoms with Crippen molar-refractivity contribution in [3.05, 3.63) is 80.6 Å². The summed E-state index contributed by atoms with van der Waals surface area (Å²) in [6, 6.07) is 14.1. The van der Waals surface area contributed by atoms with E-state index in [1.807, 2.05) is 31.2 Å². The van der Waals surface area contributed by atoms with Gasteiger partial charge in [-0.3, -0.25) is 25.8 Å². The van der Waals surface area contributed by atoms with Gasteiger partial charge in [0.05, 0.1) is 4.92 Å². The van der Waals surface area contributed by atoms with Crippen molar-refractivity contribution < 1.29 is 9.72 Å². The molecule has 0 saturated carbocycles. The smallest absolute Gasteiger partial charge is 0.334 e. The normalized spacial score (nSPS) is 10.3. The Morgan fingerprint density at radius 1 is 1.10 bits per heavy atom. The molecule has 0 aliphatic heterocycles. The highest BCUT2D eigenvalue weighted by molar-refractivity contribution is 9.10. The molecule has 0 aliphatic rings. The topological polar surface area (TPSA) is 122 Å². The van der Waals surface area contributed by atoms with Crippen LogP contribution in [-0.4, -0.2) is 20.8 Å². The molecule has 0 unspecified atom stereocenters. The van der Waals surface area contributed by atoms with Crippen molar-refractivity contribution >= 4 is 44.8 Å². The molecular formula is C19H17BrN6O3. The van der Waals surface area contributed by atoms with Crippen molar-refractivity contribution in [2.24, 2.45) is 0 Å². The van der Waals surface area contributed by atoms with Gasteiger partial charge in [0, 0.05) is 15.7 Å². The first-order chi connectivity index (χ1) is 14.0. The van der Waals surface area contributed by atoms with Crippen molar-refractivity contribution in [1.29, 1.82) is 0 Å². The van der Waals surface area contributed by atoms with Crippen molar-refractivity contribution in [3.8, 4) is 0 Å². The average Bonchev–Trinajstić information content (AvgIpc) is 2.72. The van der Waals surface area contributed by atoms with E-state index in [0.717, 1.165) is 16.5 Å². The average molecular weight is 457 g/mol. The number of carbonyl (C=O) groups is 1. The van der Waals surface area contributed by atoms with E-state index in [0.29, 0.717) is 11.3 Å². The maximum atomic E-state index is 12.3. The molecule has 3 rings (SSSR count). The summed E-state index contributed by atoms with van der Waals surface area (Å²) < 4.78 is 0.830. The van der Waals surface area contributed by atoms with Gasteiger partial charge >= 0.3 is 5.69 Å². The third kappa shape index (κ3) is 4.85. The molecule has 0 bridgehead atoms. The molecule has 3 aromatic rings. The summed E-state index contributed by atoms with van der Waals surface area (Å²) in [7, 11) is 0. The number of hydrogen-bond donors (Lipinski definition) is 3. The Morgan fingerprint density at radius 2 is 1.79 bits per heavy atom. The van der Waals surface area contributed by atoms with Gasteiger partial charge < -0.3 is 5.32 Å². The van der Waals surface area contributed by atoms with Gasteiger partial charge in [-0.05, 0) is 42.3 Å². The molecule has 10 heteroatoms. The lowest BCUT2D eigenvalue weighted by atomic mass is 10.1. The molecular weight excluding hydrogens is 440 g/mol. The van der Waals surface area contributed by atoms with Crippen LogP contribution in [0.1, 0.15) is 22.8 Å². The van der Waals surface area contributed by atoms with Crippen molar-refractivity contribution in [1.82, 2.24) is 15.4 Å². The van der Waals surface area contributed by atoms with E-state index in [9.17, 15) is 14.9 Å². The fraction of sp³-hybridized carbons (Fsp3) is 0.105. The lowest BCUT2D eigenvalue weighted by Gasteiger charge is -2.12. The van der Waals surface area contributed by atoms with Crippen LogP contribution >= 0.6 is 15.9 Å². The summed E-state index contributed by atoms with van der Waals surface area (Å²) in [6.07, 6.45) is 1.93. The first-order valence-electron chi connectivity index (χ1n) is 8.65. The Balaban J connectivity index is 1.84. The highest BCUT2D eigenvalue weighted by Crippen LogP contribution is 2.31. The van der Waals surface area contributed by atoms with Crippen LogP contribution in [0, 0.1) is 10.1 Å². The zero-order valence-corrected chi connectivity index (χ0v) is 16.9. The summed E-state index contributed by atoms with van der Waals surface area (Å²) in [5.74, 6) is -0.575. The number of nitrogens with one attached hydrogen (secondary N) is 3. The van der Waals surface area contributed by atoms with E-state index in [4.69, 9.17) is 0 Å². The van der Waals surface area contributed by atoms with Gasteiger partial charge in [-0.2, -0.15) is 0 Å². The number of hydrogen-bond acceptors (Lipinski definition) is 7. The molecule has 2 aromatic carbocycles. The summed E-state index contributed by atoms with van der Waals surface area (Å²) >= 11 is 3.29. The standard InChI is InChI=1S/C19H17BrN6O3/c1-2-12-5-3-4-6-15(12)23-17-16(26(28)29)18(22-11-21-17)24-25-19(27)13-7-9-14(20)10-8-13/h3-11H,2H2,1H3,(H,25,27)(H2,21,22,23,24). The van der Waals surface area contributed by atoms with Gasteiger partial charge in [0.15, 0.2) is 0 Å². The van der Waals surface area contributed by atoms with Crippen molar-refractivity contribution in [2.75, 3.05) is 10.7 Å². The minimum Gasteiger partial charge on any atom is -0.334 e. The first kappa shape index (κ1) is 20.2. The van der Waals surface area contributed by atoms with Gasteiger partial charge in [-0.25, -0.2) is 9.97 Å². The van der Waals surface area contributed by atoms with Crippen molar-refractivity contribution in [3.63, 3.8) is 0 Å². The SMILES string of the molecule is CCc1ccccc1Nc1ncnc(NNC(=O)c2ccc(Br)cc2)c1[N+](=O)[O-]. The summed E-state index contributed by atoms with van der Waals surface area (Å²) in [5.41, 5.74) is 6.63. The zero-order chi connectivity index (χ0) is 20.8. The predicted octanol–water partition coefficient (Wildman–Crippen LogP) is 4.21. The molecule has 29 heavy (non-hydrogen) atoms. The fourth-order valence-corrected chi connectivity index (χ4v) is 2.87. The van der Waals surface area contributed by atoms with E-state index in [1.165, 1.54) is 6.33 Å². The Labute approximate surface area is 174 Å². The molecule has 0 saturated heterocycles. The first-order valence-corrected chi connectivity index (χ1v) is 9.45. The van der Waals surface area contributed by atoms with Gasteiger partial charge in [0.1, 0.15) is 6.33 Å². The quantitative estimate of drug-likeness (QED) is 0.359. The van der Waals surface area contributed by atoms with Gasteiger partial charge in [-0.1, -0.05) is 41.1 Å². The zero-order valence-electron chi connectivity index (χ0n) is 15.3. The second-order valence-electron chi connectivity index (χ2n) is 5.90. The highest BCUT2D eigenvalue weighted by Gasteiger charge is 2.24. The second-order valence-corrected chi connectivity index (χ2v) is 6.81. The van der Waals surface area contributed by atoms with Crippen molar-refractivity contribution in [2.45, 2.75) is 13.3 Å². The number of para-hydroxylation sites is 1. The van der Waals surface area contributed by atoms with Crippen LogP contribution in [0.4, 0.5) is 23.0 Å². The lowest BCUT2D eigenvalue weighted by Crippen LogP contribution is -2.30. The van der Waals surface area contributed by atoms with Crippen LogP contribution in [0.5, 0.6) is 0 Å². The van der Waals surface area contributed by atoms with E-state index in [2.05, 4.69) is 42.1 Å². The Bertz CT molecular complexity index is 1040. The number of nitro groups is 1. The molecule has 1 heterocycles. The Hall–Kier alpha value is -3.53. The Morgan fingerprint density at radius 3 is 2.48 bits per heavy atom. The number of nitrogens with zero attached hydrogens (tertiary/aromatic N) is 3. The molecule has 0 spiro atoms. The predicted molar refractivity (Wildman–Crippen MR) is 113 cm³/mol. The summed E-state index contributed by atoms with van der Waals surface area (Å²) in [4.78, 5) is 31.2. The number of aryl methyl sites for hydroxylation is 1. The molecule has 1 amide bonds. The Kier molecular flexibility index (Phi) is 6.35. The molecule has 0 atom stereocenters. The van der Waals surface area contributed by atoms with Crippen LogP contribution in [-0.2, 0) is 6.42 Å².